The third-order valence-corrected chi connectivity index (χ3v) is 4.34. The Balaban J connectivity index is 2.17. The van der Waals surface area contributed by atoms with Crippen LogP contribution < -0.4 is 14.9 Å². The summed E-state index contributed by atoms with van der Waals surface area (Å²) in [7, 11) is 1.36. The number of hydrogen-bond donors (Lipinski definition) is 2. The molecule has 2 aromatic heterocycles. The van der Waals surface area contributed by atoms with Gasteiger partial charge in [0.2, 0.25) is 0 Å². The molecule has 0 saturated heterocycles. The lowest BCUT2D eigenvalue weighted by Gasteiger charge is -2.15. The van der Waals surface area contributed by atoms with Crippen LogP contribution in [0.5, 0.6) is 11.5 Å². The fourth-order valence-electron chi connectivity index (χ4n) is 3.05. The van der Waals surface area contributed by atoms with Crippen molar-refractivity contribution in [2.75, 3.05) is 14.2 Å². The number of aromatic nitrogens is 2. The van der Waals surface area contributed by atoms with Gasteiger partial charge < -0.3 is 24.1 Å². The number of benzene rings is 1. The predicted octanol–water partition coefficient (Wildman–Crippen LogP) is 1.85. The van der Waals surface area contributed by atoms with E-state index >= 15 is 0 Å². The van der Waals surface area contributed by atoms with Gasteiger partial charge in [0, 0.05) is 22.4 Å². The van der Waals surface area contributed by atoms with E-state index in [1.807, 2.05) is 44.2 Å². The van der Waals surface area contributed by atoms with Crippen LogP contribution in [0.3, 0.4) is 0 Å². The Morgan fingerprint density at radius 2 is 1.58 bits per heavy atom. The summed E-state index contributed by atoms with van der Waals surface area (Å²) < 4.78 is 12.8. The summed E-state index contributed by atoms with van der Waals surface area (Å²) in [5.74, 6) is 1.64. The molecule has 134 valence electrons. The molecular formula is C19H21BN2O4. The zero-order valence-corrected chi connectivity index (χ0v) is 15.2. The maximum atomic E-state index is 9.55. The lowest BCUT2D eigenvalue weighted by Crippen LogP contribution is -2.31. The molecule has 3 aromatic rings. The van der Waals surface area contributed by atoms with Crippen LogP contribution in [0, 0.1) is 13.8 Å². The van der Waals surface area contributed by atoms with E-state index < -0.39 is 7.12 Å². The average Bonchev–Trinajstić information content (AvgIpc) is 2.98. The smallest absolute Gasteiger partial charge is 0.492 e. The predicted molar refractivity (Wildman–Crippen MR) is 101 cm³/mol. The SMILES string of the molecule is COc1cc(-c2cccc(-n3c(C)ccc3C)n2)c(OC)cc1B(O)O. The molecular weight excluding hydrogens is 331 g/mol. The van der Waals surface area contributed by atoms with Gasteiger partial charge >= 0.3 is 7.12 Å². The van der Waals surface area contributed by atoms with Gasteiger partial charge in [-0.3, -0.25) is 0 Å². The van der Waals surface area contributed by atoms with Crippen molar-refractivity contribution in [3.05, 3.63) is 53.9 Å². The summed E-state index contributed by atoms with van der Waals surface area (Å²) in [6.07, 6.45) is 0. The molecule has 6 nitrogen and oxygen atoms in total. The fourth-order valence-corrected chi connectivity index (χ4v) is 3.05. The molecule has 0 saturated carbocycles. The number of pyridine rings is 1. The quantitative estimate of drug-likeness (QED) is 0.686. The molecule has 0 atom stereocenters. The molecule has 26 heavy (non-hydrogen) atoms. The zero-order valence-electron chi connectivity index (χ0n) is 15.2. The first kappa shape index (κ1) is 18.0. The molecule has 7 heteroatoms. The second kappa shape index (κ2) is 7.23. The number of ether oxygens (including phenoxy) is 2. The zero-order chi connectivity index (χ0) is 18.8. The minimum atomic E-state index is -1.66. The molecule has 0 aliphatic rings. The lowest BCUT2D eigenvalue weighted by atomic mass is 9.78. The third kappa shape index (κ3) is 3.19. The number of rotatable bonds is 5. The summed E-state index contributed by atoms with van der Waals surface area (Å²) in [5.41, 5.74) is 3.83. The van der Waals surface area contributed by atoms with E-state index in [0.717, 1.165) is 17.2 Å². The van der Waals surface area contributed by atoms with Crippen LogP contribution in [0.4, 0.5) is 0 Å². The van der Waals surface area contributed by atoms with Crippen molar-refractivity contribution >= 4 is 12.6 Å². The van der Waals surface area contributed by atoms with Gasteiger partial charge in [0.05, 0.1) is 19.9 Å². The molecule has 0 radical (unpaired) electrons. The van der Waals surface area contributed by atoms with Crippen LogP contribution in [0.15, 0.2) is 42.5 Å². The monoisotopic (exact) mass is 352 g/mol. The third-order valence-electron chi connectivity index (χ3n) is 4.34. The molecule has 0 fully saturated rings. The minimum absolute atomic E-state index is 0.237. The van der Waals surface area contributed by atoms with E-state index in [1.54, 1.807) is 12.1 Å². The van der Waals surface area contributed by atoms with Gasteiger partial charge in [-0.15, -0.1) is 0 Å². The summed E-state index contributed by atoms with van der Waals surface area (Å²) >= 11 is 0. The molecule has 3 rings (SSSR count). The van der Waals surface area contributed by atoms with Crippen molar-refractivity contribution in [3.8, 4) is 28.6 Å². The normalized spacial score (nSPS) is 10.7. The molecule has 0 amide bonds. The van der Waals surface area contributed by atoms with Crippen molar-refractivity contribution in [1.29, 1.82) is 0 Å². The van der Waals surface area contributed by atoms with Crippen molar-refractivity contribution in [1.82, 2.24) is 9.55 Å². The topological polar surface area (TPSA) is 76.7 Å². The highest BCUT2D eigenvalue weighted by Crippen LogP contribution is 2.32. The van der Waals surface area contributed by atoms with E-state index in [9.17, 15) is 10.0 Å². The van der Waals surface area contributed by atoms with Crippen LogP contribution in [0.1, 0.15) is 11.4 Å². The summed E-state index contributed by atoms with van der Waals surface area (Å²) in [4.78, 5) is 4.77. The van der Waals surface area contributed by atoms with Crippen molar-refractivity contribution in [2.45, 2.75) is 13.8 Å². The number of methoxy groups -OCH3 is 2. The summed E-state index contributed by atoms with van der Waals surface area (Å²) in [6, 6.07) is 13.1. The van der Waals surface area contributed by atoms with E-state index in [0.29, 0.717) is 22.8 Å². The highest BCUT2D eigenvalue weighted by molar-refractivity contribution is 6.59. The molecule has 0 unspecified atom stereocenters. The Morgan fingerprint density at radius 1 is 0.923 bits per heavy atom. The molecule has 1 aromatic carbocycles. The van der Waals surface area contributed by atoms with E-state index in [4.69, 9.17) is 14.5 Å². The molecule has 0 aliphatic carbocycles. The first-order valence-corrected chi connectivity index (χ1v) is 8.21. The van der Waals surface area contributed by atoms with Crippen molar-refractivity contribution in [3.63, 3.8) is 0 Å². The van der Waals surface area contributed by atoms with Crippen LogP contribution in [0.25, 0.3) is 17.1 Å². The number of nitrogens with zero attached hydrogens (tertiary/aromatic N) is 2. The summed E-state index contributed by atoms with van der Waals surface area (Å²) in [6.45, 7) is 4.06. The molecule has 2 N–H and O–H groups in total. The molecule has 0 aliphatic heterocycles. The van der Waals surface area contributed by atoms with Gasteiger partial charge in [-0.2, -0.15) is 0 Å². The molecule has 2 heterocycles. The van der Waals surface area contributed by atoms with Gasteiger partial charge in [0.25, 0.3) is 0 Å². The second-order valence-corrected chi connectivity index (χ2v) is 6.00. The fraction of sp³-hybridized carbons (Fsp3) is 0.211. The standard InChI is InChI=1S/C19H21BN2O4/c1-12-8-9-13(2)22(12)19-7-5-6-16(21-19)14-10-18(26-4)15(20(23)24)11-17(14)25-3/h5-11,23-24H,1-4H3. The van der Waals surface area contributed by atoms with Gasteiger partial charge in [0.15, 0.2) is 0 Å². The van der Waals surface area contributed by atoms with Crippen LogP contribution in [0.2, 0.25) is 0 Å². The van der Waals surface area contributed by atoms with Crippen molar-refractivity contribution < 1.29 is 19.5 Å². The Labute approximate surface area is 152 Å². The van der Waals surface area contributed by atoms with Crippen LogP contribution in [-0.4, -0.2) is 40.9 Å². The Kier molecular flexibility index (Phi) is 5.02. The minimum Gasteiger partial charge on any atom is -0.497 e. The van der Waals surface area contributed by atoms with E-state index in [1.165, 1.54) is 14.2 Å². The van der Waals surface area contributed by atoms with Crippen LogP contribution >= 0.6 is 0 Å². The van der Waals surface area contributed by atoms with Gasteiger partial charge in [-0.05, 0) is 50.2 Å². The Hall–Kier alpha value is -2.77. The highest BCUT2D eigenvalue weighted by atomic mass is 16.5. The van der Waals surface area contributed by atoms with Crippen molar-refractivity contribution in [2.24, 2.45) is 0 Å². The Morgan fingerprint density at radius 3 is 2.15 bits per heavy atom. The van der Waals surface area contributed by atoms with Gasteiger partial charge in [-0.25, -0.2) is 4.98 Å². The maximum Gasteiger partial charge on any atom is 0.492 e. The number of hydrogen-bond acceptors (Lipinski definition) is 5. The molecule has 0 spiro atoms. The van der Waals surface area contributed by atoms with Gasteiger partial charge in [-0.1, -0.05) is 6.07 Å². The maximum absolute atomic E-state index is 9.55. The number of aryl methyl sites for hydroxylation is 2. The largest absolute Gasteiger partial charge is 0.497 e. The lowest BCUT2D eigenvalue weighted by molar-refractivity contribution is 0.396. The average molecular weight is 352 g/mol. The molecule has 0 bridgehead atoms. The van der Waals surface area contributed by atoms with E-state index in [2.05, 4.69) is 4.57 Å². The highest BCUT2D eigenvalue weighted by Gasteiger charge is 2.21. The first-order valence-electron chi connectivity index (χ1n) is 8.21. The first-order chi connectivity index (χ1) is 12.5. The Bertz CT molecular complexity index is 918. The van der Waals surface area contributed by atoms with E-state index in [-0.39, 0.29) is 5.46 Å². The summed E-state index contributed by atoms with van der Waals surface area (Å²) in [5, 5.41) is 19.1. The van der Waals surface area contributed by atoms with Gasteiger partial charge in [0.1, 0.15) is 17.3 Å². The second-order valence-electron chi connectivity index (χ2n) is 6.00. The van der Waals surface area contributed by atoms with Crippen LogP contribution in [-0.2, 0) is 0 Å².